The predicted molar refractivity (Wildman–Crippen MR) is 124 cm³/mol. The molecule has 0 atom stereocenters. The second-order valence-electron chi connectivity index (χ2n) is 8.56. The topological polar surface area (TPSA) is 54.5 Å². The van der Waals surface area contributed by atoms with Gasteiger partial charge in [0.25, 0.3) is 0 Å². The van der Waals surface area contributed by atoms with E-state index in [1.165, 1.54) is 12.1 Å². The number of hydrogen-bond acceptors (Lipinski definition) is 3. The van der Waals surface area contributed by atoms with E-state index in [0.29, 0.717) is 30.6 Å². The molecule has 2 amide bonds. The molecule has 0 unspecified atom stereocenters. The zero-order valence-corrected chi connectivity index (χ0v) is 18.8. The van der Waals surface area contributed by atoms with Crippen molar-refractivity contribution >= 4 is 11.7 Å². The maximum Gasteiger partial charge on any atom is 0.416 e. The van der Waals surface area contributed by atoms with Gasteiger partial charge in [0.2, 0.25) is 5.88 Å². The average molecular weight is 470 g/mol. The Hall–Kier alpha value is -3.55. The number of nitrogens with zero attached hydrogens (tertiary/aromatic N) is 2. The lowest BCUT2D eigenvalue weighted by atomic mass is 9.90. The van der Waals surface area contributed by atoms with Crippen LogP contribution in [0.1, 0.15) is 29.5 Å². The Labute approximate surface area is 196 Å². The molecule has 0 radical (unpaired) electrons. The summed E-state index contributed by atoms with van der Waals surface area (Å²) >= 11 is 0. The van der Waals surface area contributed by atoms with Crippen molar-refractivity contribution < 1.29 is 22.7 Å². The van der Waals surface area contributed by atoms with Gasteiger partial charge in [-0.3, -0.25) is 0 Å². The third kappa shape index (κ3) is 6.27. The number of aryl methyl sites for hydroxylation is 1. The lowest BCUT2D eigenvalue weighted by Crippen LogP contribution is -2.41. The number of urea groups is 1. The zero-order valence-electron chi connectivity index (χ0n) is 18.8. The van der Waals surface area contributed by atoms with E-state index in [1.807, 2.05) is 37.3 Å². The molecule has 5 nitrogen and oxygen atoms in total. The van der Waals surface area contributed by atoms with Crippen molar-refractivity contribution in [2.45, 2.75) is 32.4 Å². The highest BCUT2D eigenvalue weighted by atomic mass is 19.4. The van der Waals surface area contributed by atoms with Crippen LogP contribution in [0.5, 0.6) is 11.6 Å². The van der Waals surface area contributed by atoms with Crippen molar-refractivity contribution in [1.82, 2.24) is 9.88 Å². The molecule has 0 bridgehead atoms. The molecule has 1 aliphatic heterocycles. The highest BCUT2D eigenvalue weighted by Gasteiger charge is 2.30. The monoisotopic (exact) mass is 469 g/mol. The number of aromatic nitrogens is 1. The molecule has 34 heavy (non-hydrogen) atoms. The highest BCUT2D eigenvalue weighted by molar-refractivity contribution is 5.89. The van der Waals surface area contributed by atoms with Crippen LogP contribution in [0, 0.1) is 12.8 Å². The van der Waals surface area contributed by atoms with Gasteiger partial charge in [-0.05, 0) is 79.6 Å². The van der Waals surface area contributed by atoms with Crippen molar-refractivity contribution in [2.75, 3.05) is 18.4 Å². The minimum atomic E-state index is -4.40. The zero-order chi connectivity index (χ0) is 24.1. The summed E-state index contributed by atoms with van der Waals surface area (Å²) in [5.74, 6) is 1.72. The van der Waals surface area contributed by atoms with Gasteiger partial charge in [0.15, 0.2) is 0 Å². The Balaban J connectivity index is 1.27. The quantitative estimate of drug-likeness (QED) is 0.453. The largest absolute Gasteiger partial charge is 0.439 e. The van der Waals surface area contributed by atoms with Gasteiger partial charge in [0, 0.05) is 31.0 Å². The third-order valence-electron chi connectivity index (χ3n) is 5.89. The molecule has 178 valence electrons. The van der Waals surface area contributed by atoms with Crippen LogP contribution in [0.25, 0.3) is 0 Å². The molecule has 2 aromatic carbocycles. The molecule has 1 saturated heterocycles. The molecule has 1 aromatic heterocycles. The number of benzene rings is 2. The first-order valence-corrected chi connectivity index (χ1v) is 11.2. The Kier molecular flexibility index (Phi) is 7.05. The van der Waals surface area contributed by atoms with Crippen LogP contribution in [-0.4, -0.2) is 29.0 Å². The summed E-state index contributed by atoms with van der Waals surface area (Å²) in [6.07, 6.45) is -0.0444. The van der Waals surface area contributed by atoms with Crippen LogP contribution in [-0.2, 0) is 12.6 Å². The van der Waals surface area contributed by atoms with Gasteiger partial charge in [-0.1, -0.05) is 18.2 Å². The lowest BCUT2D eigenvalue weighted by Gasteiger charge is -2.32. The fourth-order valence-corrected chi connectivity index (χ4v) is 3.99. The van der Waals surface area contributed by atoms with E-state index in [-0.39, 0.29) is 6.03 Å². The minimum Gasteiger partial charge on any atom is -0.439 e. The number of likely N-dealkylation sites (tertiary alicyclic amines) is 1. The molecule has 1 N–H and O–H groups in total. The number of nitrogens with one attached hydrogen (secondary N) is 1. The number of pyridine rings is 1. The number of halogens is 3. The normalized spacial score (nSPS) is 14.6. The number of alkyl halides is 3. The van der Waals surface area contributed by atoms with Gasteiger partial charge in [-0.2, -0.15) is 13.2 Å². The minimum absolute atomic E-state index is 0.292. The summed E-state index contributed by atoms with van der Waals surface area (Å²) in [6, 6.07) is 15.9. The standard InChI is InChI=1S/C26H26F3N3O2/c1-18-5-10-24(30-17-18)34-23-4-2-3-20(16-23)15-19-11-13-32(14-12-19)25(33)31-22-8-6-21(7-9-22)26(27,28)29/h2-10,16-17,19H,11-15H2,1H3,(H,31,33). The third-order valence-corrected chi connectivity index (χ3v) is 5.89. The summed E-state index contributed by atoms with van der Waals surface area (Å²) < 4.78 is 43.9. The van der Waals surface area contributed by atoms with Crippen LogP contribution in [0.2, 0.25) is 0 Å². The van der Waals surface area contributed by atoms with Crippen LogP contribution in [0.15, 0.2) is 66.9 Å². The van der Waals surface area contributed by atoms with Crippen LogP contribution >= 0.6 is 0 Å². The number of ether oxygens (including phenoxy) is 1. The first kappa shape index (κ1) is 23.6. The lowest BCUT2D eigenvalue weighted by molar-refractivity contribution is -0.137. The first-order valence-electron chi connectivity index (χ1n) is 11.2. The maximum absolute atomic E-state index is 12.7. The van der Waals surface area contributed by atoms with Crippen molar-refractivity contribution in [2.24, 2.45) is 5.92 Å². The van der Waals surface area contributed by atoms with Gasteiger partial charge >= 0.3 is 12.2 Å². The van der Waals surface area contributed by atoms with Gasteiger partial charge in [0.05, 0.1) is 5.56 Å². The average Bonchev–Trinajstić information content (AvgIpc) is 2.81. The summed E-state index contributed by atoms with van der Waals surface area (Å²) in [7, 11) is 0. The van der Waals surface area contributed by atoms with Crippen molar-refractivity contribution in [3.05, 3.63) is 83.6 Å². The molecule has 1 fully saturated rings. The van der Waals surface area contributed by atoms with Crippen LogP contribution in [0.3, 0.4) is 0 Å². The molecular formula is C26H26F3N3O2. The molecule has 2 heterocycles. The maximum atomic E-state index is 12.7. The van der Waals surface area contributed by atoms with Gasteiger partial charge in [-0.15, -0.1) is 0 Å². The number of amides is 2. The van der Waals surface area contributed by atoms with E-state index >= 15 is 0 Å². The molecule has 0 spiro atoms. The summed E-state index contributed by atoms with van der Waals surface area (Å²) in [6.45, 7) is 3.17. The second-order valence-corrected chi connectivity index (χ2v) is 8.56. The molecule has 0 aliphatic carbocycles. The number of carbonyl (C=O) groups excluding carboxylic acids is 1. The number of hydrogen-bond donors (Lipinski definition) is 1. The van der Waals surface area contributed by atoms with E-state index in [2.05, 4.69) is 16.4 Å². The molecule has 3 aromatic rings. The summed E-state index contributed by atoms with van der Waals surface area (Å²) in [5.41, 5.74) is 1.84. The Bertz CT molecular complexity index is 1110. The first-order chi connectivity index (χ1) is 16.3. The number of rotatable bonds is 5. The molecule has 1 aliphatic rings. The molecule has 4 rings (SSSR count). The van der Waals surface area contributed by atoms with Gasteiger partial charge in [-0.25, -0.2) is 9.78 Å². The Morgan fingerprint density at radius 2 is 1.82 bits per heavy atom. The van der Waals surface area contributed by atoms with Crippen LogP contribution in [0.4, 0.5) is 23.7 Å². The highest BCUT2D eigenvalue weighted by Crippen LogP contribution is 2.30. The van der Waals surface area contributed by atoms with E-state index in [1.54, 1.807) is 11.1 Å². The predicted octanol–water partition coefficient (Wildman–Crippen LogP) is 6.69. The number of anilines is 1. The van der Waals surface area contributed by atoms with E-state index < -0.39 is 11.7 Å². The fourth-order valence-electron chi connectivity index (χ4n) is 3.99. The van der Waals surface area contributed by atoms with Crippen LogP contribution < -0.4 is 10.1 Å². The summed E-state index contributed by atoms with van der Waals surface area (Å²) in [4.78, 5) is 18.5. The summed E-state index contributed by atoms with van der Waals surface area (Å²) in [5, 5.41) is 2.69. The Morgan fingerprint density at radius 1 is 1.09 bits per heavy atom. The molecule has 8 heteroatoms. The smallest absolute Gasteiger partial charge is 0.416 e. The van der Waals surface area contributed by atoms with Gasteiger partial charge < -0.3 is 15.0 Å². The molecular weight excluding hydrogens is 443 g/mol. The number of carbonyl (C=O) groups is 1. The van der Waals surface area contributed by atoms with E-state index in [4.69, 9.17) is 4.74 Å². The van der Waals surface area contributed by atoms with Gasteiger partial charge in [0.1, 0.15) is 5.75 Å². The Morgan fingerprint density at radius 3 is 2.47 bits per heavy atom. The van der Waals surface area contributed by atoms with Crippen molar-refractivity contribution in [3.8, 4) is 11.6 Å². The van der Waals surface area contributed by atoms with E-state index in [9.17, 15) is 18.0 Å². The van der Waals surface area contributed by atoms with E-state index in [0.717, 1.165) is 48.3 Å². The fraction of sp³-hybridized carbons (Fsp3) is 0.308. The SMILES string of the molecule is Cc1ccc(Oc2cccc(CC3CCN(C(=O)Nc4ccc(C(F)(F)F)cc4)CC3)c2)nc1. The second kappa shape index (κ2) is 10.2. The van der Waals surface area contributed by atoms with Crippen molar-refractivity contribution in [3.63, 3.8) is 0 Å². The number of piperidine rings is 1. The van der Waals surface area contributed by atoms with Crippen molar-refractivity contribution in [1.29, 1.82) is 0 Å². The molecule has 0 saturated carbocycles.